The predicted octanol–water partition coefficient (Wildman–Crippen LogP) is 3.69. The Morgan fingerprint density at radius 2 is 2.03 bits per heavy atom. The second-order valence-corrected chi connectivity index (χ2v) is 8.49. The highest BCUT2D eigenvalue weighted by Crippen LogP contribution is 2.36. The first-order valence-corrected chi connectivity index (χ1v) is 10.9. The molecule has 0 radical (unpaired) electrons. The summed E-state index contributed by atoms with van der Waals surface area (Å²) in [5, 5.41) is 7.83. The Hall–Kier alpha value is -2.97. The quantitative estimate of drug-likeness (QED) is 0.494. The molecule has 1 aromatic carbocycles. The zero-order chi connectivity index (χ0) is 20.7. The molecule has 1 aliphatic rings. The number of fused-ring (bicyclic) bond motifs is 3. The standard InChI is InChI=1S/C22H23N5O2S/c1-23-18-13(10-24-14-4-3-5-14)11-25-21-17(18)19-20(30-21)22(28)27(12-26-19)15-6-8-16(29-2)9-7-15/h6-9,11-12,14,24H,3-5,10H2,1-2H3,(H,23,25). The fraction of sp³-hybridized carbons (Fsp3) is 0.318. The zero-order valence-electron chi connectivity index (χ0n) is 16.9. The van der Waals surface area contributed by atoms with Gasteiger partial charge in [-0.25, -0.2) is 9.97 Å². The van der Waals surface area contributed by atoms with Crippen molar-refractivity contribution >= 4 is 37.5 Å². The van der Waals surface area contributed by atoms with E-state index in [2.05, 4.69) is 20.6 Å². The Bertz CT molecular complexity index is 1270. The Kier molecular flexibility index (Phi) is 4.88. The van der Waals surface area contributed by atoms with Gasteiger partial charge >= 0.3 is 0 Å². The first-order valence-electron chi connectivity index (χ1n) is 10.1. The van der Waals surface area contributed by atoms with E-state index in [4.69, 9.17) is 4.74 Å². The van der Waals surface area contributed by atoms with Crippen LogP contribution in [0.25, 0.3) is 26.1 Å². The number of hydrogen-bond donors (Lipinski definition) is 2. The molecular weight excluding hydrogens is 398 g/mol. The molecule has 5 rings (SSSR count). The second kappa shape index (κ2) is 7.70. The van der Waals surface area contributed by atoms with Gasteiger partial charge in [0.2, 0.25) is 0 Å². The summed E-state index contributed by atoms with van der Waals surface area (Å²) in [4.78, 5) is 23.4. The molecule has 0 aliphatic heterocycles. The third-order valence-corrected chi connectivity index (χ3v) is 6.85. The summed E-state index contributed by atoms with van der Waals surface area (Å²) in [6.07, 6.45) is 7.26. The minimum Gasteiger partial charge on any atom is -0.497 e. The highest BCUT2D eigenvalue weighted by molar-refractivity contribution is 7.25. The number of pyridine rings is 1. The lowest BCUT2D eigenvalue weighted by Crippen LogP contribution is -2.34. The number of anilines is 1. The van der Waals surface area contributed by atoms with Crippen molar-refractivity contribution in [1.29, 1.82) is 0 Å². The molecule has 7 nitrogen and oxygen atoms in total. The molecule has 0 unspecified atom stereocenters. The SMILES string of the molecule is CNc1c(CNC2CCC2)cnc2sc3c(=O)n(-c4ccc(OC)cc4)cnc3c12. The first kappa shape index (κ1) is 19.0. The third kappa shape index (κ3) is 3.12. The van der Waals surface area contributed by atoms with E-state index in [-0.39, 0.29) is 5.56 Å². The molecule has 0 bridgehead atoms. The van der Waals surface area contributed by atoms with Gasteiger partial charge in [0.15, 0.2) is 0 Å². The van der Waals surface area contributed by atoms with E-state index in [1.54, 1.807) is 18.0 Å². The van der Waals surface area contributed by atoms with E-state index in [9.17, 15) is 4.79 Å². The topological polar surface area (TPSA) is 81.1 Å². The van der Waals surface area contributed by atoms with Gasteiger partial charge in [-0.3, -0.25) is 9.36 Å². The molecule has 2 N–H and O–H groups in total. The van der Waals surface area contributed by atoms with Gasteiger partial charge in [0.1, 0.15) is 27.1 Å². The fourth-order valence-corrected chi connectivity index (χ4v) is 4.88. The summed E-state index contributed by atoms with van der Waals surface area (Å²) in [5.74, 6) is 0.744. The molecule has 1 fully saturated rings. The molecule has 3 aromatic heterocycles. The Labute approximate surface area is 177 Å². The molecule has 154 valence electrons. The summed E-state index contributed by atoms with van der Waals surface area (Å²) >= 11 is 1.39. The van der Waals surface area contributed by atoms with Crippen LogP contribution in [0.15, 0.2) is 41.6 Å². The van der Waals surface area contributed by atoms with Crippen LogP contribution in [0.5, 0.6) is 5.75 Å². The van der Waals surface area contributed by atoms with E-state index < -0.39 is 0 Å². The Balaban J connectivity index is 1.61. The maximum absolute atomic E-state index is 13.2. The van der Waals surface area contributed by atoms with Crippen molar-refractivity contribution in [3.8, 4) is 11.4 Å². The molecule has 4 aromatic rings. The van der Waals surface area contributed by atoms with Crippen LogP contribution in [0.3, 0.4) is 0 Å². The van der Waals surface area contributed by atoms with Crippen molar-refractivity contribution in [2.24, 2.45) is 0 Å². The van der Waals surface area contributed by atoms with Crippen molar-refractivity contribution in [3.63, 3.8) is 0 Å². The molecular formula is C22H23N5O2S. The number of hydrogen-bond acceptors (Lipinski definition) is 7. The van der Waals surface area contributed by atoms with E-state index in [0.29, 0.717) is 16.3 Å². The fourth-order valence-electron chi connectivity index (χ4n) is 3.85. The van der Waals surface area contributed by atoms with Crippen LogP contribution in [0.2, 0.25) is 0 Å². The molecule has 30 heavy (non-hydrogen) atoms. The molecule has 1 saturated carbocycles. The summed E-state index contributed by atoms with van der Waals surface area (Å²) < 4.78 is 7.38. The van der Waals surface area contributed by atoms with Crippen LogP contribution in [-0.2, 0) is 6.54 Å². The number of ether oxygens (including phenoxy) is 1. The third-order valence-electron chi connectivity index (χ3n) is 5.78. The predicted molar refractivity (Wildman–Crippen MR) is 121 cm³/mol. The molecule has 3 heterocycles. The van der Waals surface area contributed by atoms with Crippen LogP contribution < -0.4 is 20.9 Å². The number of benzene rings is 1. The number of nitrogens with one attached hydrogen (secondary N) is 2. The van der Waals surface area contributed by atoms with E-state index in [1.807, 2.05) is 37.5 Å². The number of nitrogens with zero attached hydrogens (tertiary/aromatic N) is 3. The van der Waals surface area contributed by atoms with Gasteiger partial charge in [-0.15, -0.1) is 11.3 Å². The summed E-state index contributed by atoms with van der Waals surface area (Å²) in [6, 6.07) is 7.96. The lowest BCUT2D eigenvalue weighted by Gasteiger charge is -2.27. The maximum atomic E-state index is 13.2. The highest BCUT2D eigenvalue weighted by atomic mass is 32.1. The summed E-state index contributed by atoms with van der Waals surface area (Å²) in [6.45, 7) is 0.754. The van der Waals surface area contributed by atoms with E-state index >= 15 is 0 Å². The molecule has 1 aliphatic carbocycles. The smallest absolute Gasteiger partial charge is 0.275 e. The number of aromatic nitrogens is 3. The van der Waals surface area contributed by atoms with Crippen LogP contribution in [-0.4, -0.2) is 34.7 Å². The lowest BCUT2D eigenvalue weighted by molar-refractivity contribution is 0.338. The monoisotopic (exact) mass is 421 g/mol. The minimum atomic E-state index is -0.0932. The molecule has 0 saturated heterocycles. The Morgan fingerprint density at radius 1 is 1.23 bits per heavy atom. The second-order valence-electron chi connectivity index (χ2n) is 7.49. The van der Waals surface area contributed by atoms with Crippen LogP contribution in [0.4, 0.5) is 5.69 Å². The molecule has 0 spiro atoms. The number of thiophene rings is 1. The van der Waals surface area contributed by atoms with E-state index in [0.717, 1.165) is 39.4 Å². The lowest BCUT2D eigenvalue weighted by atomic mass is 9.93. The molecule has 8 heteroatoms. The first-order chi connectivity index (χ1) is 14.7. The van der Waals surface area contributed by atoms with Gasteiger partial charge in [0.25, 0.3) is 5.56 Å². The minimum absolute atomic E-state index is 0.0932. The van der Waals surface area contributed by atoms with Gasteiger partial charge in [0, 0.05) is 31.4 Å². The molecule has 0 amide bonds. The Morgan fingerprint density at radius 3 is 2.70 bits per heavy atom. The van der Waals surface area contributed by atoms with Gasteiger partial charge in [-0.2, -0.15) is 0 Å². The normalized spacial score (nSPS) is 14.2. The summed E-state index contributed by atoms with van der Waals surface area (Å²) in [7, 11) is 3.53. The zero-order valence-corrected chi connectivity index (χ0v) is 17.8. The largest absolute Gasteiger partial charge is 0.497 e. The average Bonchev–Trinajstić information content (AvgIpc) is 3.13. The van der Waals surface area contributed by atoms with Crippen molar-refractivity contribution in [3.05, 3.63) is 52.7 Å². The molecule has 0 atom stereocenters. The van der Waals surface area contributed by atoms with Gasteiger partial charge in [-0.05, 0) is 37.1 Å². The van der Waals surface area contributed by atoms with Crippen LogP contribution in [0, 0.1) is 0 Å². The van der Waals surface area contributed by atoms with E-state index in [1.165, 1.54) is 30.6 Å². The van der Waals surface area contributed by atoms with Crippen molar-refractivity contribution in [2.75, 3.05) is 19.5 Å². The van der Waals surface area contributed by atoms with Crippen molar-refractivity contribution < 1.29 is 4.74 Å². The van der Waals surface area contributed by atoms with Gasteiger partial charge in [-0.1, -0.05) is 6.42 Å². The van der Waals surface area contributed by atoms with Gasteiger partial charge < -0.3 is 15.4 Å². The highest BCUT2D eigenvalue weighted by Gasteiger charge is 2.20. The maximum Gasteiger partial charge on any atom is 0.275 e. The number of methoxy groups -OCH3 is 1. The summed E-state index contributed by atoms with van der Waals surface area (Å²) in [5.41, 5.74) is 3.45. The van der Waals surface area contributed by atoms with Crippen LogP contribution >= 0.6 is 11.3 Å². The van der Waals surface area contributed by atoms with Crippen molar-refractivity contribution in [2.45, 2.75) is 31.8 Å². The van der Waals surface area contributed by atoms with Crippen molar-refractivity contribution in [1.82, 2.24) is 19.9 Å². The average molecular weight is 422 g/mol. The number of rotatable bonds is 6. The van der Waals surface area contributed by atoms with Gasteiger partial charge in [0.05, 0.1) is 23.9 Å². The van der Waals surface area contributed by atoms with Crippen LogP contribution in [0.1, 0.15) is 24.8 Å².